The highest BCUT2D eigenvalue weighted by Gasteiger charge is 1.94. The lowest BCUT2D eigenvalue weighted by Gasteiger charge is -1.85. The van der Waals surface area contributed by atoms with Gasteiger partial charge in [0, 0.05) is 0 Å². The molecular formula is C9H8O2S. The second-order valence-electron chi connectivity index (χ2n) is 2.27. The number of aliphatic hydroxyl groups excluding tert-OH is 1. The predicted molar refractivity (Wildman–Crippen MR) is 48.3 cm³/mol. The Morgan fingerprint density at radius 2 is 2.42 bits per heavy atom. The van der Waals surface area contributed by atoms with Crippen LogP contribution in [0.5, 0.6) is 0 Å². The first-order valence-electron chi connectivity index (χ1n) is 3.47. The fraction of sp³-hybridized carbons (Fsp3) is 0.222. The summed E-state index contributed by atoms with van der Waals surface area (Å²) in [6.45, 7) is 1.60. The first-order chi connectivity index (χ1) is 5.72. The van der Waals surface area contributed by atoms with Crippen LogP contribution in [0.1, 0.15) is 21.5 Å². The highest BCUT2D eigenvalue weighted by atomic mass is 32.1. The summed E-state index contributed by atoms with van der Waals surface area (Å²) in [4.78, 5) is 11.7. The minimum atomic E-state index is -0.619. The molecule has 0 spiro atoms. The predicted octanol–water partition coefficient (Wildman–Crippen LogP) is 1.29. The maximum atomic E-state index is 10.3. The Morgan fingerprint density at radius 3 is 2.92 bits per heavy atom. The van der Waals surface area contributed by atoms with Gasteiger partial charge in [-0.3, -0.25) is 4.79 Å². The highest BCUT2D eigenvalue weighted by molar-refractivity contribution is 7.14. The summed E-state index contributed by atoms with van der Waals surface area (Å²) in [7, 11) is 0. The van der Waals surface area contributed by atoms with Gasteiger partial charge in [-0.15, -0.1) is 11.3 Å². The Bertz CT molecular complexity index is 328. The van der Waals surface area contributed by atoms with Crippen LogP contribution in [0.25, 0.3) is 0 Å². The third-order valence-electron chi connectivity index (χ3n) is 1.15. The molecular weight excluding hydrogens is 172 g/mol. The van der Waals surface area contributed by atoms with E-state index in [-0.39, 0.29) is 0 Å². The molecule has 0 aromatic carbocycles. The Morgan fingerprint density at radius 1 is 1.67 bits per heavy atom. The molecule has 0 amide bonds. The molecule has 1 heterocycles. The number of carbonyl (C=O) groups excluding carboxylic acids is 1. The summed E-state index contributed by atoms with van der Waals surface area (Å²) in [6, 6.07) is 3.48. The number of rotatable bonds is 1. The van der Waals surface area contributed by atoms with Crippen molar-refractivity contribution in [1.82, 2.24) is 0 Å². The van der Waals surface area contributed by atoms with Crippen LogP contribution in [0.3, 0.4) is 0 Å². The Balaban J connectivity index is 2.78. The van der Waals surface area contributed by atoms with Gasteiger partial charge in [0.05, 0.1) is 9.75 Å². The largest absolute Gasteiger partial charge is 0.381 e. The van der Waals surface area contributed by atoms with Crippen LogP contribution in [-0.2, 0) is 0 Å². The van der Waals surface area contributed by atoms with Gasteiger partial charge in [0.1, 0.15) is 6.10 Å². The van der Waals surface area contributed by atoms with Crippen LogP contribution >= 0.6 is 11.3 Å². The summed E-state index contributed by atoms with van der Waals surface area (Å²) in [5.74, 6) is 5.36. The summed E-state index contributed by atoms with van der Waals surface area (Å²) in [5.41, 5.74) is 0. The van der Waals surface area contributed by atoms with Crippen molar-refractivity contribution in [3.63, 3.8) is 0 Å². The van der Waals surface area contributed by atoms with E-state index >= 15 is 0 Å². The van der Waals surface area contributed by atoms with Crippen LogP contribution in [0.4, 0.5) is 0 Å². The fourth-order valence-corrected chi connectivity index (χ4v) is 1.34. The van der Waals surface area contributed by atoms with Gasteiger partial charge in [0.2, 0.25) is 0 Å². The molecule has 62 valence electrons. The zero-order valence-corrected chi connectivity index (χ0v) is 7.39. The number of hydrogen-bond acceptors (Lipinski definition) is 3. The zero-order chi connectivity index (χ0) is 8.97. The SMILES string of the molecule is C[C@@H](O)C#Cc1ccc(C=O)s1. The van der Waals surface area contributed by atoms with Crippen molar-refractivity contribution in [2.24, 2.45) is 0 Å². The monoisotopic (exact) mass is 180 g/mol. The number of thiophene rings is 1. The molecule has 0 fully saturated rings. The van der Waals surface area contributed by atoms with Gasteiger partial charge in [-0.2, -0.15) is 0 Å². The quantitative estimate of drug-likeness (QED) is 0.522. The lowest BCUT2D eigenvalue weighted by Crippen LogP contribution is -1.91. The van der Waals surface area contributed by atoms with Crippen LogP contribution in [0.15, 0.2) is 12.1 Å². The third-order valence-corrected chi connectivity index (χ3v) is 2.07. The number of aliphatic hydroxyl groups is 1. The lowest BCUT2D eigenvalue weighted by atomic mass is 10.4. The first kappa shape index (κ1) is 8.98. The third kappa shape index (κ3) is 2.50. The van der Waals surface area contributed by atoms with E-state index in [9.17, 15) is 4.79 Å². The van der Waals surface area contributed by atoms with Crippen LogP contribution in [0.2, 0.25) is 0 Å². The van der Waals surface area contributed by atoms with Gasteiger partial charge in [-0.1, -0.05) is 11.8 Å². The molecule has 0 radical (unpaired) electrons. The highest BCUT2D eigenvalue weighted by Crippen LogP contribution is 2.12. The molecule has 0 aliphatic carbocycles. The summed E-state index contributed by atoms with van der Waals surface area (Å²) in [5, 5.41) is 8.84. The van der Waals surface area contributed by atoms with E-state index < -0.39 is 6.10 Å². The Hall–Kier alpha value is -1.11. The van der Waals surface area contributed by atoms with Crippen LogP contribution in [-0.4, -0.2) is 17.5 Å². The van der Waals surface area contributed by atoms with E-state index in [4.69, 9.17) is 5.11 Å². The van der Waals surface area contributed by atoms with E-state index in [0.717, 1.165) is 11.2 Å². The second-order valence-corrected chi connectivity index (χ2v) is 3.38. The van der Waals surface area contributed by atoms with Crippen molar-refractivity contribution in [3.05, 3.63) is 21.9 Å². The van der Waals surface area contributed by atoms with Gasteiger partial charge < -0.3 is 5.11 Å². The maximum Gasteiger partial charge on any atom is 0.160 e. The molecule has 2 nitrogen and oxygen atoms in total. The average Bonchev–Trinajstić information content (AvgIpc) is 2.48. The van der Waals surface area contributed by atoms with Crippen LogP contribution < -0.4 is 0 Å². The minimum absolute atomic E-state index is 0.619. The van der Waals surface area contributed by atoms with Gasteiger partial charge in [-0.05, 0) is 19.1 Å². The number of hydrogen-bond donors (Lipinski definition) is 1. The van der Waals surface area contributed by atoms with Gasteiger partial charge in [-0.25, -0.2) is 0 Å². The van der Waals surface area contributed by atoms with Crippen molar-refractivity contribution in [1.29, 1.82) is 0 Å². The van der Waals surface area contributed by atoms with Gasteiger partial charge in [0.15, 0.2) is 6.29 Å². The summed E-state index contributed by atoms with van der Waals surface area (Å²) < 4.78 is 0. The molecule has 0 saturated carbocycles. The maximum absolute atomic E-state index is 10.3. The molecule has 0 unspecified atom stereocenters. The topological polar surface area (TPSA) is 37.3 Å². The van der Waals surface area contributed by atoms with Crippen molar-refractivity contribution in [3.8, 4) is 11.8 Å². The lowest BCUT2D eigenvalue weighted by molar-refractivity contribution is 0.112. The van der Waals surface area contributed by atoms with E-state index in [2.05, 4.69) is 11.8 Å². The molecule has 0 aliphatic rings. The molecule has 1 aromatic heterocycles. The summed E-state index contributed by atoms with van der Waals surface area (Å²) >= 11 is 1.32. The molecule has 0 bridgehead atoms. The molecule has 0 aliphatic heterocycles. The van der Waals surface area contributed by atoms with Crippen molar-refractivity contribution >= 4 is 17.6 Å². The second kappa shape index (κ2) is 4.05. The molecule has 1 rings (SSSR count). The Kier molecular flexibility index (Phi) is 3.03. The minimum Gasteiger partial charge on any atom is -0.381 e. The molecule has 1 aromatic rings. The molecule has 0 saturated heterocycles. The van der Waals surface area contributed by atoms with E-state index in [1.165, 1.54) is 11.3 Å². The molecule has 1 N–H and O–H groups in total. The molecule has 1 atom stereocenters. The van der Waals surface area contributed by atoms with Gasteiger partial charge in [0.25, 0.3) is 0 Å². The van der Waals surface area contributed by atoms with Crippen LogP contribution in [0, 0.1) is 11.8 Å². The average molecular weight is 180 g/mol. The van der Waals surface area contributed by atoms with E-state index in [0.29, 0.717) is 4.88 Å². The zero-order valence-electron chi connectivity index (χ0n) is 6.57. The van der Waals surface area contributed by atoms with E-state index in [1.54, 1.807) is 19.1 Å². The molecule has 12 heavy (non-hydrogen) atoms. The smallest absolute Gasteiger partial charge is 0.160 e. The van der Waals surface area contributed by atoms with Gasteiger partial charge >= 0.3 is 0 Å². The molecule has 3 heteroatoms. The number of carbonyl (C=O) groups is 1. The fourth-order valence-electron chi connectivity index (χ4n) is 0.659. The number of aldehydes is 1. The normalized spacial score (nSPS) is 11.5. The standard InChI is InChI=1S/C9H8O2S/c1-7(11)2-3-8-4-5-9(6-10)12-8/h4-7,11H,1H3/t7-/m1/s1. The Labute approximate surface area is 74.9 Å². The van der Waals surface area contributed by atoms with Crippen molar-refractivity contribution in [2.75, 3.05) is 0 Å². The summed E-state index contributed by atoms with van der Waals surface area (Å²) in [6.07, 6.45) is 0.171. The van der Waals surface area contributed by atoms with Crippen molar-refractivity contribution < 1.29 is 9.90 Å². The van der Waals surface area contributed by atoms with E-state index in [1.807, 2.05) is 0 Å². The van der Waals surface area contributed by atoms with Crippen molar-refractivity contribution in [2.45, 2.75) is 13.0 Å². The first-order valence-corrected chi connectivity index (χ1v) is 4.28.